The van der Waals surface area contributed by atoms with E-state index in [1.54, 1.807) is 0 Å². The number of carbonyl (C=O) groups excluding carboxylic acids is 3. The van der Waals surface area contributed by atoms with E-state index in [1.807, 2.05) is 0 Å². The van der Waals surface area contributed by atoms with E-state index < -0.39 is 28.5 Å². The molecule has 0 aromatic heterocycles. The number of amides is 2. The van der Waals surface area contributed by atoms with Crippen molar-refractivity contribution in [3.05, 3.63) is 29.8 Å². The van der Waals surface area contributed by atoms with Gasteiger partial charge < -0.3 is 4.74 Å². The van der Waals surface area contributed by atoms with Gasteiger partial charge in [0, 0.05) is 26.1 Å². The maximum Gasteiger partial charge on any atom is 0.338 e. The Bertz CT molecular complexity index is 828. The first kappa shape index (κ1) is 19.5. The number of carbonyl (C=O) groups is 3. The van der Waals surface area contributed by atoms with Crippen LogP contribution in [-0.4, -0.2) is 61.6 Å². The molecule has 3 rings (SSSR count). The molecule has 0 spiro atoms. The summed E-state index contributed by atoms with van der Waals surface area (Å²) < 4.78 is 31.6. The summed E-state index contributed by atoms with van der Waals surface area (Å²) in [5, 5.41) is 0. The molecule has 2 amide bonds. The summed E-state index contributed by atoms with van der Waals surface area (Å²) in [6.45, 7) is 0.837. The third-order valence-corrected chi connectivity index (χ3v) is 6.66. The molecule has 2 saturated heterocycles. The highest BCUT2D eigenvalue weighted by molar-refractivity contribution is 7.89. The van der Waals surface area contributed by atoms with Crippen LogP contribution in [0, 0.1) is 0 Å². The minimum Gasteiger partial charge on any atom is -0.452 e. The number of ether oxygens (including phenoxy) is 1. The number of benzene rings is 1. The van der Waals surface area contributed by atoms with Gasteiger partial charge in [-0.3, -0.25) is 14.5 Å². The maximum absolute atomic E-state index is 12.6. The van der Waals surface area contributed by atoms with Crippen molar-refractivity contribution in [2.24, 2.45) is 0 Å². The molecule has 27 heavy (non-hydrogen) atoms. The molecule has 0 N–H and O–H groups in total. The number of rotatable bonds is 5. The molecule has 146 valence electrons. The average Bonchev–Trinajstić information content (AvgIpc) is 3.12. The molecule has 0 atom stereocenters. The van der Waals surface area contributed by atoms with Gasteiger partial charge >= 0.3 is 5.97 Å². The second kappa shape index (κ2) is 8.18. The van der Waals surface area contributed by atoms with Gasteiger partial charge in [0.15, 0.2) is 6.61 Å². The predicted molar refractivity (Wildman–Crippen MR) is 95.3 cm³/mol. The lowest BCUT2D eigenvalue weighted by atomic mass is 10.2. The number of likely N-dealkylation sites (tertiary alicyclic amines) is 1. The monoisotopic (exact) mass is 394 g/mol. The Labute approximate surface area is 158 Å². The summed E-state index contributed by atoms with van der Waals surface area (Å²) in [6.07, 6.45) is 3.66. The Kier molecular flexibility index (Phi) is 5.91. The molecule has 2 fully saturated rings. The van der Waals surface area contributed by atoms with Crippen molar-refractivity contribution in [2.75, 3.05) is 26.2 Å². The number of hydrogen-bond donors (Lipinski definition) is 0. The average molecular weight is 394 g/mol. The Hall–Kier alpha value is -2.26. The first-order chi connectivity index (χ1) is 12.9. The zero-order valence-corrected chi connectivity index (χ0v) is 15.7. The topological polar surface area (TPSA) is 101 Å². The van der Waals surface area contributed by atoms with E-state index in [0.717, 1.165) is 24.2 Å². The summed E-state index contributed by atoms with van der Waals surface area (Å²) in [7, 11) is -3.56. The predicted octanol–water partition coefficient (Wildman–Crippen LogP) is 1.17. The van der Waals surface area contributed by atoms with Gasteiger partial charge in [0.05, 0.1) is 10.5 Å². The molecular formula is C18H22N2O6S. The summed E-state index contributed by atoms with van der Waals surface area (Å²) in [4.78, 5) is 36.7. The fourth-order valence-corrected chi connectivity index (χ4v) is 4.73. The SMILES string of the molecule is O=C(OCC(=O)N1CCCC1=O)c1ccc(S(=O)(=O)N2CCCCC2)cc1. The smallest absolute Gasteiger partial charge is 0.338 e. The van der Waals surface area contributed by atoms with Crippen molar-refractivity contribution in [3.63, 3.8) is 0 Å². The molecule has 8 nitrogen and oxygen atoms in total. The van der Waals surface area contributed by atoms with Crippen molar-refractivity contribution >= 4 is 27.8 Å². The van der Waals surface area contributed by atoms with Gasteiger partial charge in [-0.1, -0.05) is 6.42 Å². The molecule has 2 aliphatic rings. The number of esters is 1. The van der Waals surface area contributed by atoms with Crippen LogP contribution in [0.1, 0.15) is 42.5 Å². The molecule has 9 heteroatoms. The normalized spacial score (nSPS) is 18.5. The van der Waals surface area contributed by atoms with E-state index in [9.17, 15) is 22.8 Å². The van der Waals surface area contributed by atoms with Gasteiger partial charge in [0.1, 0.15) is 0 Å². The summed E-state index contributed by atoms with van der Waals surface area (Å²) in [6, 6.07) is 5.47. The largest absolute Gasteiger partial charge is 0.452 e. The Morgan fingerprint density at radius 1 is 0.963 bits per heavy atom. The van der Waals surface area contributed by atoms with Crippen LogP contribution < -0.4 is 0 Å². The van der Waals surface area contributed by atoms with Crippen LogP contribution >= 0.6 is 0 Å². The highest BCUT2D eigenvalue weighted by atomic mass is 32.2. The lowest BCUT2D eigenvalue weighted by Crippen LogP contribution is -2.35. The van der Waals surface area contributed by atoms with Crippen LogP contribution in [0.2, 0.25) is 0 Å². The Morgan fingerprint density at radius 2 is 1.63 bits per heavy atom. The van der Waals surface area contributed by atoms with E-state index in [0.29, 0.717) is 32.5 Å². The van der Waals surface area contributed by atoms with Gasteiger partial charge in [-0.2, -0.15) is 4.31 Å². The highest BCUT2D eigenvalue weighted by Gasteiger charge is 2.28. The molecule has 0 radical (unpaired) electrons. The third-order valence-electron chi connectivity index (χ3n) is 4.74. The molecule has 2 aliphatic heterocycles. The first-order valence-electron chi connectivity index (χ1n) is 9.00. The summed E-state index contributed by atoms with van der Waals surface area (Å²) in [5.74, 6) is -1.55. The summed E-state index contributed by atoms with van der Waals surface area (Å²) >= 11 is 0. The zero-order chi connectivity index (χ0) is 19.4. The van der Waals surface area contributed by atoms with E-state index in [4.69, 9.17) is 4.74 Å². The number of imide groups is 1. The fourth-order valence-electron chi connectivity index (χ4n) is 3.22. The van der Waals surface area contributed by atoms with Gasteiger partial charge in [0.25, 0.3) is 5.91 Å². The van der Waals surface area contributed by atoms with Crippen molar-refractivity contribution in [2.45, 2.75) is 37.0 Å². The second-order valence-electron chi connectivity index (χ2n) is 6.61. The van der Waals surface area contributed by atoms with E-state index in [2.05, 4.69) is 0 Å². The molecule has 0 unspecified atom stereocenters. The molecule has 0 saturated carbocycles. The van der Waals surface area contributed by atoms with Crippen LogP contribution in [0.5, 0.6) is 0 Å². The Morgan fingerprint density at radius 3 is 2.22 bits per heavy atom. The molecular weight excluding hydrogens is 372 g/mol. The van der Waals surface area contributed by atoms with Crippen molar-refractivity contribution < 1.29 is 27.5 Å². The van der Waals surface area contributed by atoms with Crippen molar-refractivity contribution in [1.29, 1.82) is 0 Å². The maximum atomic E-state index is 12.6. The van der Waals surface area contributed by atoms with Crippen LogP contribution in [0.15, 0.2) is 29.2 Å². The van der Waals surface area contributed by atoms with Gasteiger partial charge in [0.2, 0.25) is 15.9 Å². The quantitative estimate of drug-likeness (QED) is 0.695. The van der Waals surface area contributed by atoms with Crippen LogP contribution in [0.3, 0.4) is 0 Å². The lowest BCUT2D eigenvalue weighted by Gasteiger charge is -2.25. The van der Waals surface area contributed by atoms with Crippen LogP contribution in [0.25, 0.3) is 0 Å². The number of sulfonamides is 1. The molecule has 2 heterocycles. The minimum atomic E-state index is -3.56. The third kappa shape index (κ3) is 4.36. The standard InChI is InChI=1S/C18H22N2O6S/c21-16-5-4-12-20(16)17(22)13-26-18(23)14-6-8-15(9-7-14)27(24,25)19-10-2-1-3-11-19/h6-9H,1-5,10-13H2. The highest BCUT2D eigenvalue weighted by Crippen LogP contribution is 2.21. The Balaban J connectivity index is 1.60. The van der Waals surface area contributed by atoms with Crippen molar-refractivity contribution in [3.8, 4) is 0 Å². The van der Waals surface area contributed by atoms with Gasteiger partial charge in [-0.05, 0) is 43.5 Å². The number of nitrogens with zero attached hydrogens (tertiary/aromatic N) is 2. The van der Waals surface area contributed by atoms with Crippen molar-refractivity contribution in [1.82, 2.24) is 9.21 Å². The van der Waals surface area contributed by atoms with Gasteiger partial charge in [-0.15, -0.1) is 0 Å². The molecule has 1 aromatic carbocycles. The zero-order valence-electron chi connectivity index (χ0n) is 14.9. The number of piperidine rings is 1. The number of hydrogen-bond acceptors (Lipinski definition) is 6. The molecule has 1 aromatic rings. The van der Waals surface area contributed by atoms with E-state index in [1.165, 1.54) is 28.6 Å². The van der Waals surface area contributed by atoms with E-state index >= 15 is 0 Å². The van der Waals surface area contributed by atoms with E-state index in [-0.39, 0.29) is 16.4 Å². The van der Waals surface area contributed by atoms with Crippen LogP contribution in [-0.2, 0) is 24.3 Å². The first-order valence-corrected chi connectivity index (χ1v) is 10.4. The fraction of sp³-hybridized carbons (Fsp3) is 0.500. The van der Waals surface area contributed by atoms with Crippen LogP contribution in [0.4, 0.5) is 0 Å². The molecule has 0 bridgehead atoms. The lowest BCUT2D eigenvalue weighted by molar-refractivity contribution is -0.143. The second-order valence-corrected chi connectivity index (χ2v) is 8.55. The van der Waals surface area contributed by atoms with Gasteiger partial charge in [-0.25, -0.2) is 13.2 Å². The minimum absolute atomic E-state index is 0.125. The summed E-state index contributed by atoms with van der Waals surface area (Å²) in [5.41, 5.74) is 0.146. The molecule has 0 aliphatic carbocycles.